The van der Waals surface area contributed by atoms with Crippen LogP contribution in [0, 0.1) is 30.9 Å². The first-order valence-corrected chi connectivity index (χ1v) is 6.23. The second kappa shape index (κ2) is 5.24. The Hall–Kier alpha value is -2.50. The Kier molecular flexibility index (Phi) is 3.65. The molecule has 6 nitrogen and oxygen atoms in total. The van der Waals surface area contributed by atoms with Crippen LogP contribution in [0.5, 0.6) is 0 Å². The van der Waals surface area contributed by atoms with Crippen molar-refractivity contribution >= 4 is 11.6 Å². The average molecular weight is 272 g/mol. The van der Waals surface area contributed by atoms with Crippen LogP contribution in [-0.4, -0.2) is 21.9 Å². The van der Waals surface area contributed by atoms with Crippen molar-refractivity contribution in [3.63, 3.8) is 0 Å². The maximum Gasteiger partial charge on any atom is 0.316 e. The molecule has 0 atom stereocenters. The van der Waals surface area contributed by atoms with Gasteiger partial charge in [0.15, 0.2) is 5.69 Å². The van der Waals surface area contributed by atoms with Crippen molar-refractivity contribution in [1.82, 2.24) is 9.97 Å². The third kappa shape index (κ3) is 2.32. The Morgan fingerprint density at radius 1 is 1.20 bits per heavy atom. The molecule has 0 aliphatic carbocycles. The predicted molar refractivity (Wildman–Crippen MR) is 77.9 cm³/mol. The molecule has 2 rings (SSSR count). The predicted octanol–water partition coefficient (Wildman–Crippen LogP) is 3.02. The SMILES string of the molecule is CNc1nc(C)c([N+](=O)[O-])c(-c2cccc(C)c2C)n1. The number of nitro groups is 1. The van der Waals surface area contributed by atoms with Gasteiger partial charge >= 0.3 is 5.69 Å². The lowest BCUT2D eigenvalue weighted by Gasteiger charge is -2.11. The number of rotatable bonds is 3. The van der Waals surface area contributed by atoms with Gasteiger partial charge in [-0.25, -0.2) is 9.97 Å². The van der Waals surface area contributed by atoms with Gasteiger partial charge in [0.2, 0.25) is 5.95 Å². The van der Waals surface area contributed by atoms with Crippen molar-refractivity contribution in [3.8, 4) is 11.3 Å². The first-order valence-electron chi connectivity index (χ1n) is 6.23. The minimum Gasteiger partial charge on any atom is -0.357 e. The van der Waals surface area contributed by atoms with Crippen LogP contribution in [0.3, 0.4) is 0 Å². The topological polar surface area (TPSA) is 81.0 Å². The number of nitrogens with one attached hydrogen (secondary N) is 1. The van der Waals surface area contributed by atoms with Crippen LogP contribution in [0.1, 0.15) is 16.8 Å². The van der Waals surface area contributed by atoms with Crippen LogP contribution in [0.2, 0.25) is 0 Å². The second-order valence-corrected chi connectivity index (χ2v) is 4.58. The van der Waals surface area contributed by atoms with Crippen LogP contribution >= 0.6 is 0 Å². The molecule has 0 saturated heterocycles. The van der Waals surface area contributed by atoms with E-state index in [4.69, 9.17) is 0 Å². The number of aromatic nitrogens is 2. The van der Waals surface area contributed by atoms with Crippen LogP contribution < -0.4 is 5.32 Å². The fourth-order valence-corrected chi connectivity index (χ4v) is 2.09. The second-order valence-electron chi connectivity index (χ2n) is 4.58. The molecule has 20 heavy (non-hydrogen) atoms. The molecule has 104 valence electrons. The quantitative estimate of drug-likeness (QED) is 0.686. The molecule has 1 N–H and O–H groups in total. The van der Waals surface area contributed by atoms with Crippen molar-refractivity contribution in [2.45, 2.75) is 20.8 Å². The fourth-order valence-electron chi connectivity index (χ4n) is 2.09. The molecular weight excluding hydrogens is 256 g/mol. The number of hydrogen-bond donors (Lipinski definition) is 1. The third-order valence-electron chi connectivity index (χ3n) is 3.32. The van der Waals surface area contributed by atoms with E-state index in [9.17, 15) is 10.1 Å². The zero-order valence-electron chi connectivity index (χ0n) is 11.9. The van der Waals surface area contributed by atoms with Gasteiger partial charge in [-0.3, -0.25) is 10.1 Å². The van der Waals surface area contributed by atoms with E-state index in [1.165, 1.54) is 0 Å². The summed E-state index contributed by atoms with van der Waals surface area (Å²) in [5.41, 5.74) is 3.48. The summed E-state index contributed by atoms with van der Waals surface area (Å²) in [4.78, 5) is 19.3. The summed E-state index contributed by atoms with van der Waals surface area (Å²) in [6.07, 6.45) is 0. The van der Waals surface area contributed by atoms with Crippen molar-refractivity contribution < 1.29 is 4.92 Å². The Bertz CT molecular complexity index is 683. The zero-order chi connectivity index (χ0) is 14.9. The fraction of sp³-hybridized carbons (Fsp3) is 0.286. The molecule has 1 aromatic heterocycles. The molecule has 0 amide bonds. The van der Waals surface area contributed by atoms with Crippen LogP contribution in [0.15, 0.2) is 18.2 Å². The smallest absolute Gasteiger partial charge is 0.316 e. The van der Waals surface area contributed by atoms with E-state index in [1.54, 1.807) is 14.0 Å². The van der Waals surface area contributed by atoms with Crippen molar-refractivity contribution in [1.29, 1.82) is 0 Å². The largest absolute Gasteiger partial charge is 0.357 e. The molecule has 0 aliphatic rings. The average Bonchev–Trinajstić information content (AvgIpc) is 2.40. The van der Waals surface area contributed by atoms with E-state index >= 15 is 0 Å². The van der Waals surface area contributed by atoms with E-state index in [2.05, 4.69) is 15.3 Å². The molecule has 0 aliphatic heterocycles. The van der Waals surface area contributed by atoms with Gasteiger partial charge in [0.05, 0.1) is 4.92 Å². The standard InChI is InChI=1S/C14H16N4O2/c1-8-6-5-7-11(9(8)2)12-13(18(19)20)10(3)16-14(15-4)17-12/h5-7H,1-4H3,(H,15,16,17). The summed E-state index contributed by atoms with van der Waals surface area (Å²) in [5, 5.41) is 14.2. The molecule has 0 bridgehead atoms. The van der Waals surface area contributed by atoms with Gasteiger partial charge in [0.1, 0.15) is 5.69 Å². The van der Waals surface area contributed by atoms with Gasteiger partial charge in [-0.1, -0.05) is 18.2 Å². The van der Waals surface area contributed by atoms with E-state index < -0.39 is 4.92 Å². The number of benzene rings is 1. The van der Waals surface area contributed by atoms with E-state index in [0.717, 1.165) is 16.7 Å². The van der Waals surface area contributed by atoms with Gasteiger partial charge in [0.25, 0.3) is 0 Å². The highest BCUT2D eigenvalue weighted by molar-refractivity contribution is 5.75. The molecule has 6 heteroatoms. The first kappa shape index (κ1) is 13.9. The van der Waals surface area contributed by atoms with Gasteiger partial charge in [-0.2, -0.15) is 0 Å². The Balaban J connectivity index is 2.80. The normalized spacial score (nSPS) is 10.4. The number of anilines is 1. The van der Waals surface area contributed by atoms with Gasteiger partial charge < -0.3 is 5.32 Å². The van der Waals surface area contributed by atoms with Crippen molar-refractivity contribution in [2.75, 3.05) is 12.4 Å². The lowest BCUT2D eigenvalue weighted by molar-refractivity contribution is -0.385. The first-order chi connectivity index (χ1) is 9.45. The lowest BCUT2D eigenvalue weighted by atomic mass is 9.99. The highest BCUT2D eigenvalue weighted by atomic mass is 16.6. The van der Waals surface area contributed by atoms with Crippen LogP contribution in [0.4, 0.5) is 11.6 Å². The highest BCUT2D eigenvalue weighted by Crippen LogP contribution is 2.33. The van der Waals surface area contributed by atoms with Crippen molar-refractivity contribution in [2.24, 2.45) is 0 Å². The van der Waals surface area contributed by atoms with E-state index in [0.29, 0.717) is 17.3 Å². The molecule has 0 fully saturated rings. The minimum atomic E-state index is -0.425. The van der Waals surface area contributed by atoms with Gasteiger partial charge in [-0.05, 0) is 31.9 Å². The summed E-state index contributed by atoms with van der Waals surface area (Å²) >= 11 is 0. The summed E-state index contributed by atoms with van der Waals surface area (Å²) in [6, 6.07) is 5.69. The Labute approximate surface area is 117 Å². The summed E-state index contributed by atoms with van der Waals surface area (Å²) in [5.74, 6) is 0.379. The molecule has 0 radical (unpaired) electrons. The summed E-state index contributed by atoms with van der Waals surface area (Å²) < 4.78 is 0. The lowest BCUT2D eigenvalue weighted by Crippen LogP contribution is -2.05. The highest BCUT2D eigenvalue weighted by Gasteiger charge is 2.24. The Morgan fingerprint density at radius 2 is 1.90 bits per heavy atom. The molecule has 0 unspecified atom stereocenters. The molecular formula is C14H16N4O2. The third-order valence-corrected chi connectivity index (χ3v) is 3.32. The molecule has 1 heterocycles. The Morgan fingerprint density at radius 3 is 2.50 bits per heavy atom. The minimum absolute atomic E-state index is 0.0438. The summed E-state index contributed by atoms with van der Waals surface area (Å²) in [7, 11) is 1.69. The molecule has 0 spiro atoms. The van der Waals surface area contributed by atoms with E-state index in [-0.39, 0.29) is 5.69 Å². The maximum atomic E-state index is 11.3. The van der Waals surface area contributed by atoms with Crippen molar-refractivity contribution in [3.05, 3.63) is 45.1 Å². The zero-order valence-corrected chi connectivity index (χ0v) is 11.9. The summed E-state index contributed by atoms with van der Waals surface area (Å²) in [6.45, 7) is 5.53. The molecule has 2 aromatic rings. The van der Waals surface area contributed by atoms with E-state index in [1.807, 2.05) is 32.0 Å². The van der Waals surface area contributed by atoms with Crippen LogP contribution in [0.25, 0.3) is 11.3 Å². The number of hydrogen-bond acceptors (Lipinski definition) is 5. The number of aryl methyl sites for hydroxylation is 2. The maximum absolute atomic E-state index is 11.3. The number of nitrogens with zero attached hydrogens (tertiary/aromatic N) is 3. The van der Waals surface area contributed by atoms with Gasteiger partial charge in [0, 0.05) is 12.6 Å². The van der Waals surface area contributed by atoms with Gasteiger partial charge in [-0.15, -0.1) is 0 Å². The molecule has 1 aromatic carbocycles. The van der Waals surface area contributed by atoms with Crippen LogP contribution in [-0.2, 0) is 0 Å². The monoisotopic (exact) mass is 272 g/mol. The molecule has 0 saturated carbocycles.